The zero-order valence-corrected chi connectivity index (χ0v) is 19.2. The van der Waals surface area contributed by atoms with Crippen molar-refractivity contribution in [1.29, 1.82) is 0 Å². The molecule has 0 saturated carbocycles. The minimum atomic E-state index is -3.40. The predicted molar refractivity (Wildman–Crippen MR) is 117 cm³/mol. The van der Waals surface area contributed by atoms with Gasteiger partial charge in [-0.3, -0.25) is 4.90 Å². The molecule has 1 aromatic carbocycles. The Bertz CT molecular complexity index is 705. The van der Waals surface area contributed by atoms with Gasteiger partial charge in [0.2, 0.25) is 10.0 Å². The number of rotatable bonds is 10. The Hall–Kier alpha value is -1.64. The molecule has 0 radical (unpaired) electrons. The van der Waals surface area contributed by atoms with E-state index in [2.05, 4.69) is 48.2 Å². The van der Waals surface area contributed by atoms with Crippen LogP contribution in [0.2, 0.25) is 0 Å². The van der Waals surface area contributed by atoms with Crippen LogP contribution in [0.25, 0.3) is 0 Å². The number of hydrogen-bond acceptors (Lipinski definition) is 4. The molecule has 0 aromatic heterocycles. The first-order valence-corrected chi connectivity index (χ1v) is 11.3. The number of aliphatic imine (C=N–C) groups is 1. The molecular formula is C20H37N5O2S. The van der Waals surface area contributed by atoms with E-state index in [1.165, 1.54) is 18.4 Å². The molecule has 160 valence electrons. The molecule has 0 unspecified atom stereocenters. The number of sulfonamides is 1. The highest BCUT2D eigenvalue weighted by Crippen LogP contribution is 2.14. The molecule has 8 heteroatoms. The molecule has 0 saturated heterocycles. The lowest BCUT2D eigenvalue weighted by atomic mass is 10.2. The van der Waals surface area contributed by atoms with Crippen molar-refractivity contribution in [2.45, 2.75) is 58.1 Å². The minimum Gasteiger partial charge on any atom is -0.357 e. The minimum absolute atomic E-state index is 0.290. The van der Waals surface area contributed by atoms with Crippen molar-refractivity contribution in [3.05, 3.63) is 29.8 Å². The van der Waals surface area contributed by atoms with E-state index >= 15 is 0 Å². The third-order valence-corrected chi connectivity index (χ3v) is 6.28. The maximum Gasteiger partial charge on any atom is 0.242 e. The van der Waals surface area contributed by atoms with E-state index in [4.69, 9.17) is 0 Å². The molecule has 1 rings (SSSR count). The van der Waals surface area contributed by atoms with E-state index in [1.807, 2.05) is 19.1 Å². The topological polar surface area (TPSA) is 77.0 Å². The Balaban J connectivity index is 2.72. The van der Waals surface area contributed by atoms with Crippen molar-refractivity contribution in [1.82, 2.24) is 19.8 Å². The monoisotopic (exact) mass is 411 g/mol. The summed E-state index contributed by atoms with van der Waals surface area (Å²) in [6, 6.07) is 7.87. The summed E-state index contributed by atoms with van der Waals surface area (Å²) >= 11 is 0. The number of nitrogens with zero attached hydrogens (tertiary/aromatic N) is 3. The lowest BCUT2D eigenvalue weighted by Gasteiger charge is -2.30. The Kier molecular flexibility index (Phi) is 9.92. The van der Waals surface area contributed by atoms with Crippen LogP contribution < -0.4 is 10.6 Å². The molecule has 0 atom stereocenters. The van der Waals surface area contributed by atoms with Crippen LogP contribution in [0.3, 0.4) is 0 Å². The molecule has 7 nitrogen and oxygen atoms in total. The van der Waals surface area contributed by atoms with Crippen molar-refractivity contribution in [3.8, 4) is 0 Å². The number of nitrogens with one attached hydrogen (secondary N) is 2. The van der Waals surface area contributed by atoms with Crippen molar-refractivity contribution in [2.75, 3.05) is 33.7 Å². The van der Waals surface area contributed by atoms with Gasteiger partial charge in [0.05, 0.1) is 11.4 Å². The Morgan fingerprint density at radius 3 is 2.07 bits per heavy atom. The lowest BCUT2D eigenvalue weighted by molar-refractivity contribution is 0.178. The molecule has 0 aliphatic heterocycles. The summed E-state index contributed by atoms with van der Waals surface area (Å²) in [5.41, 5.74) is 0.959. The molecule has 1 aromatic rings. The molecule has 0 aliphatic rings. The van der Waals surface area contributed by atoms with E-state index < -0.39 is 10.0 Å². The van der Waals surface area contributed by atoms with Gasteiger partial charge in [-0.15, -0.1) is 0 Å². The van der Waals surface area contributed by atoms with Gasteiger partial charge in [0.15, 0.2) is 5.96 Å². The Morgan fingerprint density at radius 1 is 1.04 bits per heavy atom. The fourth-order valence-electron chi connectivity index (χ4n) is 2.91. The molecule has 0 spiro atoms. The summed E-state index contributed by atoms with van der Waals surface area (Å²) in [6.45, 7) is 13.9. The van der Waals surface area contributed by atoms with Gasteiger partial charge in [-0.05, 0) is 52.3 Å². The van der Waals surface area contributed by atoms with Gasteiger partial charge in [-0.25, -0.2) is 17.7 Å². The van der Waals surface area contributed by atoms with E-state index in [9.17, 15) is 8.42 Å². The second-order valence-corrected chi connectivity index (χ2v) is 9.63. The van der Waals surface area contributed by atoms with Crippen LogP contribution in [0.15, 0.2) is 34.2 Å². The number of benzene rings is 1. The highest BCUT2D eigenvalue weighted by atomic mass is 32.2. The van der Waals surface area contributed by atoms with Crippen molar-refractivity contribution < 1.29 is 8.42 Å². The van der Waals surface area contributed by atoms with Crippen LogP contribution >= 0.6 is 0 Å². The van der Waals surface area contributed by atoms with Gasteiger partial charge < -0.3 is 10.6 Å². The normalized spacial score (nSPS) is 13.0. The molecule has 0 heterocycles. The van der Waals surface area contributed by atoms with Crippen molar-refractivity contribution in [3.63, 3.8) is 0 Å². The third-order valence-electron chi connectivity index (χ3n) is 4.45. The standard InChI is InChI=1S/C20H37N5O2S/c1-8-21-20(22-13-14-25(16(2)3)17(4)5)23-15-18-9-11-19(12-10-18)28(26,27)24(6)7/h9-12,16-17H,8,13-15H2,1-7H3,(H2,21,22,23). The molecule has 0 aliphatic carbocycles. The van der Waals surface area contributed by atoms with E-state index in [1.54, 1.807) is 12.1 Å². The molecule has 28 heavy (non-hydrogen) atoms. The Labute approximate surface area is 171 Å². The quantitative estimate of drug-likeness (QED) is 0.455. The molecule has 0 fully saturated rings. The summed E-state index contributed by atoms with van der Waals surface area (Å²) in [4.78, 5) is 7.33. The highest BCUT2D eigenvalue weighted by Gasteiger charge is 2.16. The van der Waals surface area contributed by atoms with E-state index in [-0.39, 0.29) is 4.90 Å². The van der Waals surface area contributed by atoms with E-state index in [0.717, 1.165) is 31.2 Å². The third kappa shape index (κ3) is 7.41. The van der Waals surface area contributed by atoms with Gasteiger partial charge in [0.25, 0.3) is 0 Å². The summed E-state index contributed by atoms with van der Waals surface area (Å²) in [7, 11) is -0.341. The van der Waals surface area contributed by atoms with E-state index in [0.29, 0.717) is 18.6 Å². The number of hydrogen-bond donors (Lipinski definition) is 2. The molecular weight excluding hydrogens is 374 g/mol. The zero-order chi connectivity index (χ0) is 21.3. The smallest absolute Gasteiger partial charge is 0.242 e. The summed E-state index contributed by atoms with van der Waals surface area (Å²) < 4.78 is 25.5. The van der Waals surface area contributed by atoms with Crippen LogP contribution in [0.1, 0.15) is 40.2 Å². The first-order valence-electron chi connectivity index (χ1n) is 9.89. The van der Waals surface area contributed by atoms with Gasteiger partial charge in [0.1, 0.15) is 0 Å². The highest BCUT2D eigenvalue weighted by molar-refractivity contribution is 7.89. The lowest BCUT2D eigenvalue weighted by Crippen LogP contribution is -2.45. The molecule has 0 bridgehead atoms. The maximum atomic E-state index is 12.1. The van der Waals surface area contributed by atoms with Crippen LogP contribution in [-0.2, 0) is 16.6 Å². The van der Waals surface area contributed by atoms with Gasteiger partial charge >= 0.3 is 0 Å². The summed E-state index contributed by atoms with van der Waals surface area (Å²) in [6.07, 6.45) is 0. The summed E-state index contributed by atoms with van der Waals surface area (Å²) in [5.74, 6) is 0.764. The SMILES string of the molecule is CCNC(=NCc1ccc(S(=O)(=O)N(C)C)cc1)NCCN(C(C)C)C(C)C. The first-order chi connectivity index (χ1) is 13.1. The largest absolute Gasteiger partial charge is 0.357 e. The van der Waals surface area contributed by atoms with Gasteiger partial charge in [0, 0.05) is 45.8 Å². The van der Waals surface area contributed by atoms with Crippen LogP contribution in [0.5, 0.6) is 0 Å². The Morgan fingerprint density at radius 2 is 1.61 bits per heavy atom. The molecule has 2 N–H and O–H groups in total. The van der Waals surface area contributed by atoms with Crippen molar-refractivity contribution in [2.24, 2.45) is 4.99 Å². The van der Waals surface area contributed by atoms with Crippen LogP contribution in [-0.4, -0.2) is 69.4 Å². The fourth-order valence-corrected chi connectivity index (χ4v) is 3.81. The zero-order valence-electron chi connectivity index (χ0n) is 18.4. The summed E-state index contributed by atoms with van der Waals surface area (Å²) in [5, 5.41) is 6.63. The van der Waals surface area contributed by atoms with Crippen LogP contribution in [0, 0.1) is 0 Å². The van der Waals surface area contributed by atoms with Gasteiger partial charge in [-0.1, -0.05) is 12.1 Å². The maximum absolute atomic E-state index is 12.1. The average molecular weight is 412 g/mol. The van der Waals surface area contributed by atoms with Crippen LogP contribution in [0.4, 0.5) is 0 Å². The van der Waals surface area contributed by atoms with Gasteiger partial charge in [-0.2, -0.15) is 0 Å². The first kappa shape index (κ1) is 24.4. The molecule has 0 amide bonds. The second kappa shape index (κ2) is 11.4. The number of guanidine groups is 1. The average Bonchev–Trinajstić information content (AvgIpc) is 2.62. The second-order valence-electron chi connectivity index (χ2n) is 7.48. The fraction of sp³-hybridized carbons (Fsp3) is 0.650. The van der Waals surface area contributed by atoms with Crippen molar-refractivity contribution >= 4 is 16.0 Å². The predicted octanol–water partition coefficient (Wildman–Crippen LogP) is 2.11.